The Morgan fingerprint density at radius 2 is 1.68 bits per heavy atom. The average molecular weight is 505 g/mol. The summed E-state index contributed by atoms with van der Waals surface area (Å²) in [6.45, 7) is 6.15. The van der Waals surface area contributed by atoms with E-state index in [4.69, 9.17) is 18.6 Å². The molecule has 1 fully saturated rings. The molecule has 0 N–H and O–H groups in total. The molecule has 2 aromatic carbocycles. The van der Waals surface area contributed by atoms with Crippen LogP contribution in [0.1, 0.15) is 24.0 Å². The van der Waals surface area contributed by atoms with E-state index in [2.05, 4.69) is 0 Å². The van der Waals surface area contributed by atoms with Crippen LogP contribution in [0.2, 0.25) is 19.6 Å². The summed E-state index contributed by atoms with van der Waals surface area (Å²) in [7, 11) is -1.65. The number of benzene rings is 2. The van der Waals surface area contributed by atoms with Gasteiger partial charge in [-0.25, -0.2) is 4.39 Å². The highest BCUT2D eigenvalue weighted by Crippen LogP contribution is 2.56. The molecule has 1 heterocycles. The van der Waals surface area contributed by atoms with Crippen LogP contribution in [0.3, 0.4) is 0 Å². The Morgan fingerprint density at radius 3 is 2.24 bits per heavy atom. The van der Waals surface area contributed by atoms with E-state index in [1.807, 2.05) is 30.3 Å². The van der Waals surface area contributed by atoms with E-state index in [1.54, 1.807) is 19.6 Å². The lowest BCUT2D eigenvalue weighted by Gasteiger charge is -2.40. The van der Waals surface area contributed by atoms with E-state index in [9.17, 15) is 22.0 Å². The van der Waals surface area contributed by atoms with Gasteiger partial charge in [-0.2, -0.15) is 17.6 Å². The summed E-state index contributed by atoms with van der Waals surface area (Å²) in [5.41, 5.74) is 0.892. The van der Waals surface area contributed by atoms with Crippen LogP contribution in [0.25, 0.3) is 0 Å². The van der Waals surface area contributed by atoms with Crippen molar-refractivity contribution in [3.05, 3.63) is 65.2 Å². The number of hydrogen-bond donors (Lipinski definition) is 0. The lowest BCUT2D eigenvalue weighted by molar-refractivity contribution is -0.361. The summed E-state index contributed by atoms with van der Waals surface area (Å²) in [5.74, 6) is -8.17. The van der Waals surface area contributed by atoms with Gasteiger partial charge in [-0.3, -0.25) is 0 Å². The topological polar surface area (TPSA) is 36.9 Å². The van der Waals surface area contributed by atoms with Gasteiger partial charge < -0.3 is 18.6 Å². The zero-order valence-corrected chi connectivity index (χ0v) is 20.7. The fourth-order valence-corrected chi connectivity index (χ4v) is 5.67. The predicted molar refractivity (Wildman–Crippen MR) is 119 cm³/mol. The van der Waals surface area contributed by atoms with Crippen LogP contribution in [0.5, 0.6) is 5.75 Å². The number of hydrogen-bond acceptors (Lipinski definition) is 4. The smallest absolute Gasteiger partial charge is 0.442 e. The summed E-state index contributed by atoms with van der Waals surface area (Å²) in [6, 6.07) is 11.2. The highest BCUT2D eigenvalue weighted by atomic mass is 28.4. The SMILES string of the molecule is COc1c([C@H]2[C@@H](COCc3ccccc3)OC(O[Si](C)(C)C)(C(F)(F)F)[C@H]2C)ccc(F)c1F. The second-order valence-electron chi connectivity index (χ2n) is 9.34. The van der Waals surface area contributed by atoms with Crippen molar-refractivity contribution in [1.29, 1.82) is 0 Å². The molecule has 1 aliphatic rings. The molecule has 0 amide bonds. The van der Waals surface area contributed by atoms with E-state index in [1.165, 1.54) is 13.0 Å². The van der Waals surface area contributed by atoms with Crippen LogP contribution in [-0.2, 0) is 20.5 Å². The molecule has 188 valence electrons. The van der Waals surface area contributed by atoms with Crippen molar-refractivity contribution in [2.45, 2.75) is 57.2 Å². The molecule has 0 radical (unpaired) electrons. The maximum absolute atomic E-state index is 14.5. The van der Waals surface area contributed by atoms with Gasteiger partial charge in [0.05, 0.1) is 26.4 Å². The number of methoxy groups -OCH3 is 1. The van der Waals surface area contributed by atoms with E-state index in [-0.39, 0.29) is 18.8 Å². The second-order valence-corrected chi connectivity index (χ2v) is 13.8. The monoisotopic (exact) mass is 504 g/mol. The second kappa shape index (κ2) is 9.92. The predicted octanol–water partition coefficient (Wildman–Crippen LogP) is 6.42. The third-order valence-corrected chi connectivity index (χ3v) is 6.67. The van der Waals surface area contributed by atoms with Gasteiger partial charge in [0, 0.05) is 17.4 Å². The first kappa shape index (κ1) is 26.6. The molecule has 4 nitrogen and oxygen atoms in total. The van der Waals surface area contributed by atoms with Gasteiger partial charge in [0.15, 0.2) is 19.9 Å². The molecule has 2 aromatic rings. The van der Waals surface area contributed by atoms with Crippen LogP contribution in [0.15, 0.2) is 42.5 Å². The Kier molecular flexibility index (Phi) is 7.76. The fraction of sp³-hybridized carbons (Fsp3) is 0.500. The molecule has 1 aliphatic heterocycles. The van der Waals surface area contributed by atoms with Gasteiger partial charge in [0.25, 0.3) is 5.79 Å². The standard InChI is InChI=1S/C24H29F5O4Si/c1-15-20(17-11-12-18(25)21(26)22(17)30-2)19(14-31-13-16-9-7-6-8-10-16)32-23(15,24(27,28)29)33-34(3,4)5/h6-12,15,19-20H,13-14H2,1-5H3/t15-,19+,20-,23?/m0/s1. The van der Waals surface area contributed by atoms with Crippen molar-refractivity contribution in [2.75, 3.05) is 13.7 Å². The molecule has 1 unspecified atom stereocenters. The van der Waals surface area contributed by atoms with E-state index in [0.717, 1.165) is 18.7 Å². The third kappa shape index (κ3) is 5.29. The number of rotatable bonds is 8. The van der Waals surface area contributed by atoms with Crippen LogP contribution >= 0.6 is 0 Å². The minimum absolute atomic E-state index is 0.0625. The molecule has 0 spiro atoms. The number of halogens is 5. The maximum Gasteiger partial charge on any atom is 0.442 e. The molecular formula is C24H29F5O4Si. The molecular weight excluding hydrogens is 475 g/mol. The zero-order chi connectivity index (χ0) is 25.3. The molecule has 0 aromatic heterocycles. The molecule has 1 saturated heterocycles. The molecule has 4 atom stereocenters. The minimum Gasteiger partial charge on any atom is -0.493 e. The van der Waals surface area contributed by atoms with E-state index < -0.39 is 55.6 Å². The molecule has 0 aliphatic carbocycles. The molecule has 0 bridgehead atoms. The number of ether oxygens (including phenoxy) is 3. The lowest BCUT2D eigenvalue weighted by atomic mass is 9.81. The number of alkyl halides is 3. The largest absolute Gasteiger partial charge is 0.493 e. The summed E-state index contributed by atoms with van der Waals surface area (Å²) < 4.78 is 94.1. The van der Waals surface area contributed by atoms with Gasteiger partial charge >= 0.3 is 6.18 Å². The molecule has 10 heteroatoms. The van der Waals surface area contributed by atoms with Crippen molar-refractivity contribution < 1.29 is 40.6 Å². The fourth-order valence-electron chi connectivity index (χ4n) is 4.41. The Bertz CT molecular complexity index is 980. The highest BCUT2D eigenvalue weighted by molar-refractivity contribution is 6.69. The first-order valence-electron chi connectivity index (χ1n) is 10.9. The summed E-state index contributed by atoms with van der Waals surface area (Å²) in [4.78, 5) is 0. The lowest BCUT2D eigenvalue weighted by Crippen LogP contribution is -2.56. The normalized spacial score (nSPS) is 25.5. The van der Waals surface area contributed by atoms with Crippen LogP contribution in [-0.4, -0.2) is 40.1 Å². The quantitative estimate of drug-likeness (QED) is 0.307. The Hall–Kier alpha value is -2.01. The van der Waals surface area contributed by atoms with Gasteiger partial charge in [-0.05, 0) is 31.3 Å². The minimum atomic E-state index is -4.88. The first-order valence-corrected chi connectivity index (χ1v) is 14.3. The van der Waals surface area contributed by atoms with Crippen molar-refractivity contribution in [2.24, 2.45) is 5.92 Å². The molecule has 0 saturated carbocycles. The van der Waals surface area contributed by atoms with E-state index >= 15 is 0 Å². The summed E-state index contributed by atoms with van der Waals surface area (Å²) in [6.07, 6.45) is -6.04. The first-order chi connectivity index (χ1) is 15.8. The van der Waals surface area contributed by atoms with Crippen molar-refractivity contribution in [3.8, 4) is 5.75 Å². The Balaban J connectivity index is 2.04. The van der Waals surface area contributed by atoms with Gasteiger partial charge in [-0.15, -0.1) is 0 Å². The highest BCUT2D eigenvalue weighted by Gasteiger charge is 2.69. The van der Waals surface area contributed by atoms with Crippen molar-refractivity contribution in [3.63, 3.8) is 0 Å². The Morgan fingerprint density at radius 1 is 1.03 bits per heavy atom. The van der Waals surface area contributed by atoms with E-state index in [0.29, 0.717) is 0 Å². The van der Waals surface area contributed by atoms with Crippen molar-refractivity contribution >= 4 is 8.32 Å². The van der Waals surface area contributed by atoms with Crippen LogP contribution in [0, 0.1) is 17.6 Å². The zero-order valence-electron chi connectivity index (χ0n) is 19.7. The molecule has 34 heavy (non-hydrogen) atoms. The average Bonchev–Trinajstić information content (AvgIpc) is 3.01. The summed E-state index contributed by atoms with van der Waals surface area (Å²) >= 11 is 0. The van der Waals surface area contributed by atoms with Gasteiger partial charge in [0.1, 0.15) is 0 Å². The summed E-state index contributed by atoms with van der Waals surface area (Å²) in [5, 5.41) is 0. The van der Waals surface area contributed by atoms with Crippen molar-refractivity contribution in [1.82, 2.24) is 0 Å². The Labute approximate surface area is 197 Å². The van der Waals surface area contributed by atoms with Crippen LogP contribution < -0.4 is 4.74 Å². The third-order valence-electron chi connectivity index (χ3n) is 5.76. The van der Waals surface area contributed by atoms with Crippen LogP contribution in [0.4, 0.5) is 22.0 Å². The maximum atomic E-state index is 14.5. The molecule has 3 rings (SSSR count). The van der Waals surface area contributed by atoms with Gasteiger partial charge in [-0.1, -0.05) is 43.3 Å². The van der Waals surface area contributed by atoms with Gasteiger partial charge in [0.2, 0.25) is 5.82 Å².